The van der Waals surface area contributed by atoms with Crippen LogP contribution in [0.4, 0.5) is 5.69 Å². The van der Waals surface area contributed by atoms with Crippen molar-refractivity contribution in [3.8, 4) is 0 Å². The summed E-state index contributed by atoms with van der Waals surface area (Å²) >= 11 is 0. The van der Waals surface area contributed by atoms with Crippen molar-refractivity contribution < 1.29 is 9.59 Å². The number of carbonyl (C=O) groups is 2. The fourth-order valence-corrected chi connectivity index (χ4v) is 2.09. The molecule has 2 aromatic carbocycles. The quantitative estimate of drug-likeness (QED) is 0.458. The Morgan fingerprint density at radius 3 is 2.24 bits per heavy atom. The van der Waals surface area contributed by atoms with Gasteiger partial charge in [0.05, 0.1) is 6.54 Å². The molecule has 1 N–H and O–H groups in total. The Hall–Kier alpha value is -2.62. The molecule has 1 amide bonds. The third kappa shape index (κ3) is 4.45. The van der Waals surface area contributed by atoms with Crippen LogP contribution in [-0.4, -0.2) is 31.8 Å². The number of amides is 1. The predicted octanol–water partition coefficient (Wildman–Crippen LogP) is 2.12. The maximum absolute atomic E-state index is 12.3. The summed E-state index contributed by atoms with van der Waals surface area (Å²) in [7, 11) is 0. The number of nitrogens with zero attached hydrogens (tertiary/aromatic N) is 1. The summed E-state index contributed by atoms with van der Waals surface area (Å²) in [6.07, 6.45) is 0.669. The SMILES string of the molecule is O=CNCCN(CC(=O)c1ccccc1)c1ccccc1. The van der Waals surface area contributed by atoms with Crippen LogP contribution in [0.5, 0.6) is 0 Å². The van der Waals surface area contributed by atoms with E-state index in [0.717, 1.165) is 5.69 Å². The molecule has 4 nitrogen and oxygen atoms in total. The number of Topliss-reactive ketones (excluding diaryl/α,β-unsaturated/α-hetero) is 1. The first-order valence-electron chi connectivity index (χ1n) is 6.86. The van der Waals surface area contributed by atoms with Gasteiger partial charge in [-0.2, -0.15) is 0 Å². The first kappa shape index (κ1) is 14.8. The van der Waals surface area contributed by atoms with Crippen molar-refractivity contribution in [3.63, 3.8) is 0 Å². The summed E-state index contributed by atoms with van der Waals surface area (Å²) in [6, 6.07) is 18.9. The Kier molecular flexibility index (Phi) is 5.52. The van der Waals surface area contributed by atoms with Gasteiger partial charge in [-0.05, 0) is 12.1 Å². The molecule has 0 aliphatic rings. The molecule has 108 valence electrons. The van der Waals surface area contributed by atoms with Crippen LogP contribution >= 0.6 is 0 Å². The summed E-state index contributed by atoms with van der Waals surface area (Å²) in [5.74, 6) is 0.0607. The fourth-order valence-electron chi connectivity index (χ4n) is 2.09. The number of rotatable bonds is 8. The average Bonchev–Trinajstić information content (AvgIpc) is 2.55. The van der Waals surface area contributed by atoms with Crippen LogP contribution in [0.3, 0.4) is 0 Å². The highest BCUT2D eigenvalue weighted by Crippen LogP contribution is 2.13. The summed E-state index contributed by atoms with van der Waals surface area (Å²) in [6.45, 7) is 1.37. The molecule has 0 spiro atoms. The molecule has 0 aliphatic heterocycles. The van der Waals surface area contributed by atoms with Gasteiger partial charge in [-0.25, -0.2) is 0 Å². The summed E-state index contributed by atoms with van der Waals surface area (Å²) in [5.41, 5.74) is 1.66. The molecule has 0 saturated heterocycles. The van der Waals surface area contributed by atoms with Gasteiger partial charge in [0, 0.05) is 24.3 Å². The third-order valence-electron chi connectivity index (χ3n) is 3.16. The van der Waals surface area contributed by atoms with E-state index >= 15 is 0 Å². The van der Waals surface area contributed by atoms with E-state index < -0.39 is 0 Å². The zero-order chi connectivity index (χ0) is 14.9. The van der Waals surface area contributed by atoms with E-state index in [-0.39, 0.29) is 12.3 Å². The second kappa shape index (κ2) is 7.85. The van der Waals surface area contributed by atoms with Gasteiger partial charge in [-0.1, -0.05) is 48.5 Å². The predicted molar refractivity (Wildman–Crippen MR) is 83.5 cm³/mol. The topological polar surface area (TPSA) is 49.4 Å². The minimum Gasteiger partial charge on any atom is -0.362 e. The Morgan fingerprint density at radius 1 is 1.00 bits per heavy atom. The van der Waals surface area contributed by atoms with Crippen molar-refractivity contribution in [2.45, 2.75) is 0 Å². The molecule has 0 heterocycles. The molecule has 0 radical (unpaired) electrons. The molecule has 0 unspecified atom stereocenters. The molecule has 2 rings (SSSR count). The van der Waals surface area contributed by atoms with Crippen LogP contribution in [0.25, 0.3) is 0 Å². The van der Waals surface area contributed by atoms with E-state index in [4.69, 9.17) is 0 Å². The highest BCUT2D eigenvalue weighted by molar-refractivity contribution is 5.99. The number of ketones is 1. The Labute approximate surface area is 124 Å². The Bertz CT molecular complexity index is 570. The largest absolute Gasteiger partial charge is 0.362 e. The Morgan fingerprint density at radius 2 is 1.62 bits per heavy atom. The number of benzene rings is 2. The molecular formula is C17H18N2O2. The van der Waals surface area contributed by atoms with Crippen molar-refractivity contribution in [3.05, 3.63) is 66.2 Å². The van der Waals surface area contributed by atoms with Gasteiger partial charge in [0.15, 0.2) is 5.78 Å². The number of hydrogen-bond donors (Lipinski definition) is 1. The number of hydrogen-bond acceptors (Lipinski definition) is 3. The second-order valence-corrected chi connectivity index (χ2v) is 4.62. The van der Waals surface area contributed by atoms with E-state index in [2.05, 4.69) is 5.32 Å². The third-order valence-corrected chi connectivity index (χ3v) is 3.16. The van der Waals surface area contributed by atoms with E-state index in [9.17, 15) is 9.59 Å². The van der Waals surface area contributed by atoms with Crippen LogP contribution in [0.2, 0.25) is 0 Å². The van der Waals surface area contributed by atoms with Crippen LogP contribution in [0.15, 0.2) is 60.7 Å². The smallest absolute Gasteiger partial charge is 0.207 e. The molecule has 0 bridgehead atoms. The van der Waals surface area contributed by atoms with Crippen molar-refractivity contribution in [1.29, 1.82) is 0 Å². The summed E-state index contributed by atoms with van der Waals surface area (Å²) < 4.78 is 0. The van der Waals surface area contributed by atoms with Crippen LogP contribution in [0.1, 0.15) is 10.4 Å². The van der Waals surface area contributed by atoms with Crippen molar-refractivity contribution in [2.24, 2.45) is 0 Å². The van der Waals surface area contributed by atoms with Gasteiger partial charge in [-0.3, -0.25) is 9.59 Å². The van der Waals surface area contributed by atoms with E-state index in [0.29, 0.717) is 25.1 Å². The molecule has 0 saturated carbocycles. The minimum absolute atomic E-state index is 0.0607. The molecule has 0 aromatic heterocycles. The van der Waals surface area contributed by atoms with Crippen molar-refractivity contribution in [1.82, 2.24) is 5.32 Å². The van der Waals surface area contributed by atoms with Gasteiger partial charge >= 0.3 is 0 Å². The first-order valence-corrected chi connectivity index (χ1v) is 6.86. The van der Waals surface area contributed by atoms with E-state index in [1.807, 2.05) is 65.6 Å². The van der Waals surface area contributed by atoms with E-state index in [1.54, 1.807) is 0 Å². The van der Waals surface area contributed by atoms with Gasteiger partial charge in [0.1, 0.15) is 0 Å². The highest BCUT2D eigenvalue weighted by atomic mass is 16.1. The lowest BCUT2D eigenvalue weighted by molar-refractivity contribution is -0.109. The molecule has 2 aromatic rings. The molecule has 0 fully saturated rings. The maximum atomic E-state index is 12.3. The number of para-hydroxylation sites is 1. The lowest BCUT2D eigenvalue weighted by Crippen LogP contribution is -2.35. The average molecular weight is 282 g/mol. The minimum atomic E-state index is 0.0607. The van der Waals surface area contributed by atoms with Crippen molar-refractivity contribution in [2.75, 3.05) is 24.5 Å². The lowest BCUT2D eigenvalue weighted by atomic mass is 10.1. The van der Waals surface area contributed by atoms with Crippen LogP contribution < -0.4 is 10.2 Å². The molecule has 4 heteroatoms. The zero-order valence-electron chi connectivity index (χ0n) is 11.7. The van der Waals surface area contributed by atoms with Gasteiger partial charge < -0.3 is 10.2 Å². The number of anilines is 1. The van der Waals surface area contributed by atoms with Crippen LogP contribution in [-0.2, 0) is 4.79 Å². The number of carbonyl (C=O) groups excluding carboxylic acids is 2. The standard InChI is InChI=1S/C17H18N2O2/c20-14-18-11-12-19(16-9-5-2-6-10-16)13-17(21)15-7-3-1-4-8-15/h1-10,14H,11-13H2,(H,18,20). The molecule has 0 atom stereocenters. The first-order chi connectivity index (χ1) is 10.3. The Balaban J connectivity index is 2.08. The maximum Gasteiger partial charge on any atom is 0.207 e. The van der Waals surface area contributed by atoms with Gasteiger partial charge in [0.2, 0.25) is 6.41 Å². The summed E-state index contributed by atoms with van der Waals surface area (Å²) in [5, 5.41) is 2.63. The van der Waals surface area contributed by atoms with Crippen LogP contribution in [0, 0.1) is 0 Å². The monoisotopic (exact) mass is 282 g/mol. The van der Waals surface area contributed by atoms with E-state index in [1.165, 1.54) is 0 Å². The van der Waals surface area contributed by atoms with Gasteiger partial charge in [-0.15, -0.1) is 0 Å². The fraction of sp³-hybridized carbons (Fsp3) is 0.176. The number of nitrogens with one attached hydrogen (secondary N) is 1. The normalized spacial score (nSPS) is 9.90. The lowest BCUT2D eigenvalue weighted by Gasteiger charge is -2.24. The summed E-state index contributed by atoms with van der Waals surface area (Å²) in [4.78, 5) is 24.7. The molecular weight excluding hydrogens is 264 g/mol. The second-order valence-electron chi connectivity index (χ2n) is 4.62. The van der Waals surface area contributed by atoms with Crippen molar-refractivity contribution >= 4 is 17.9 Å². The van der Waals surface area contributed by atoms with Gasteiger partial charge in [0.25, 0.3) is 0 Å². The zero-order valence-corrected chi connectivity index (χ0v) is 11.7. The molecule has 0 aliphatic carbocycles. The highest BCUT2D eigenvalue weighted by Gasteiger charge is 2.12. The molecule has 21 heavy (non-hydrogen) atoms.